The number of ether oxygens (including phenoxy) is 2. The van der Waals surface area contributed by atoms with Crippen LogP contribution in [-0.2, 0) is 19.1 Å². The van der Waals surface area contributed by atoms with Crippen molar-refractivity contribution in [3.8, 4) is 0 Å². The van der Waals surface area contributed by atoms with E-state index in [1.165, 1.54) is 0 Å². The van der Waals surface area contributed by atoms with E-state index in [-0.39, 0.29) is 13.0 Å². The summed E-state index contributed by atoms with van der Waals surface area (Å²) in [5.41, 5.74) is 1.44. The number of rotatable bonds is 6. The molecule has 0 aliphatic heterocycles. The van der Waals surface area contributed by atoms with E-state index in [9.17, 15) is 14.4 Å². The maximum atomic E-state index is 12.1. The van der Waals surface area contributed by atoms with E-state index >= 15 is 0 Å². The third-order valence-electron chi connectivity index (χ3n) is 4.02. The smallest absolute Gasteiger partial charge is 0.407 e. The van der Waals surface area contributed by atoms with Crippen LogP contribution in [0.3, 0.4) is 0 Å². The van der Waals surface area contributed by atoms with Crippen LogP contribution in [0.2, 0.25) is 0 Å². The standard InChI is InChI=1S/C22H24N2O6/c1-22(2,3)30-21(27)23-11-10-20(26)28-13-19(25)24-14-8-9-18-16(12-14)15-6-4-5-7-17(15)29-18/h4-9,12H,10-11,13H2,1-3H3,(H,23,27)(H,24,25). The molecule has 0 fully saturated rings. The van der Waals surface area contributed by atoms with E-state index in [1.54, 1.807) is 32.9 Å². The monoisotopic (exact) mass is 412 g/mol. The van der Waals surface area contributed by atoms with E-state index in [4.69, 9.17) is 13.9 Å². The fourth-order valence-electron chi connectivity index (χ4n) is 2.80. The van der Waals surface area contributed by atoms with Gasteiger partial charge in [-0.3, -0.25) is 9.59 Å². The Hall–Kier alpha value is -3.55. The molecule has 0 unspecified atom stereocenters. The fourth-order valence-corrected chi connectivity index (χ4v) is 2.80. The topological polar surface area (TPSA) is 107 Å². The molecule has 8 heteroatoms. The zero-order chi connectivity index (χ0) is 21.7. The Balaban J connectivity index is 1.46. The van der Waals surface area contributed by atoms with Crippen molar-refractivity contribution in [1.29, 1.82) is 0 Å². The quantitative estimate of drug-likeness (QED) is 0.593. The van der Waals surface area contributed by atoms with Crippen LogP contribution in [0, 0.1) is 0 Å². The second-order valence-electron chi connectivity index (χ2n) is 7.70. The molecular formula is C22H24N2O6. The minimum absolute atomic E-state index is 0.0552. The van der Waals surface area contributed by atoms with Crippen molar-refractivity contribution in [3.05, 3.63) is 42.5 Å². The first kappa shape index (κ1) is 21.2. The summed E-state index contributed by atoms with van der Waals surface area (Å²) in [6, 6.07) is 12.9. The Morgan fingerprint density at radius 1 is 1.00 bits per heavy atom. The summed E-state index contributed by atoms with van der Waals surface area (Å²) in [4.78, 5) is 35.3. The molecule has 1 aromatic heterocycles. The molecule has 0 spiro atoms. The average molecular weight is 412 g/mol. The van der Waals surface area contributed by atoms with Crippen LogP contribution < -0.4 is 10.6 Å². The zero-order valence-electron chi connectivity index (χ0n) is 17.1. The number of hydrogen-bond donors (Lipinski definition) is 2. The highest BCUT2D eigenvalue weighted by molar-refractivity contribution is 6.07. The van der Waals surface area contributed by atoms with Gasteiger partial charge in [0.05, 0.1) is 6.42 Å². The Bertz CT molecular complexity index is 1080. The summed E-state index contributed by atoms with van der Waals surface area (Å²) >= 11 is 0. The van der Waals surface area contributed by atoms with Gasteiger partial charge in [0, 0.05) is 23.0 Å². The van der Waals surface area contributed by atoms with Crippen molar-refractivity contribution in [1.82, 2.24) is 5.32 Å². The summed E-state index contributed by atoms with van der Waals surface area (Å²) in [5, 5.41) is 6.99. The second kappa shape index (κ2) is 8.86. The Morgan fingerprint density at radius 2 is 1.73 bits per heavy atom. The van der Waals surface area contributed by atoms with Gasteiger partial charge < -0.3 is 24.5 Å². The largest absolute Gasteiger partial charge is 0.456 e. The van der Waals surface area contributed by atoms with Crippen LogP contribution in [0.5, 0.6) is 0 Å². The molecule has 0 radical (unpaired) electrons. The van der Waals surface area contributed by atoms with Gasteiger partial charge in [-0.25, -0.2) is 4.79 Å². The third-order valence-corrected chi connectivity index (χ3v) is 4.02. The molecule has 0 bridgehead atoms. The lowest BCUT2D eigenvalue weighted by atomic mass is 10.1. The minimum atomic E-state index is -0.617. The fraction of sp³-hybridized carbons (Fsp3) is 0.318. The Kier molecular flexibility index (Phi) is 6.25. The predicted octanol–water partition coefficient (Wildman–Crippen LogP) is 3.98. The number of carbonyl (C=O) groups is 3. The van der Waals surface area contributed by atoms with E-state index in [0.29, 0.717) is 5.69 Å². The lowest BCUT2D eigenvalue weighted by molar-refractivity contribution is -0.147. The van der Waals surface area contributed by atoms with Crippen LogP contribution in [0.1, 0.15) is 27.2 Å². The maximum absolute atomic E-state index is 12.1. The molecule has 0 atom stereocenters. The molecule has 2 N–H and O–H groups in total. The van der Waals surface area contributed by atoms with Gasteiger partial charge in [-0.2, -0.15) is 0 Å². The molecule has 2 aromatic carbocycles. The molecule has 0 saturated heterocycles. The van der Waals surface area contributed by atoms with Crippen LogP contribution in [0.4, 0.5) is 10.5 Å². The molecule has 3 rings (SSSR count). The number of amides is 2. The number of hydrogen-bond acceptors (Lipinski definition) is 6. The maximum Gasteiger partial charge on any atom is 0.407 e. The number of nitrogens with one attached hydrogen (secondary N) is 2. The van der Waals surface area contributed by atoms with Crippen molar-refractivity contribution < 1.29 is 28.3 Å². The van der Waals surface area contributed by atoms with Gasteiger partial charge in [0.25, 0.3) is 5.91 Å². The molecule has 1 heterocycles. The lowest BCUT2D eigenvalue weighted by Gasteiger charge is -2.19. The van der Waals surface area contributed by atoms with Crippen LogP contribution in [0.25, 0.3) is 21.9 Å². The number of carbonyl (C=O) groups excluding carboxylic acids is 3. The SMILES string of the molecule is CC(C)(C)OC(=O)NCCC(=O)OCC(=O)Nc1ccc2oc3ccccc3c2c1. The summed E-state index contributed by atoms with van der Waals surface area (Å²) in [6.45, 7) is 4.86. The number of benzene rings is 2. The highest BCUT2D eigenvalue weighted by Crippen LogP contribution is 2.30. The first-order chi connectivity index (χ1) is 14.2. The number of para-hydroxylation sites is 1. The number of furan rings is 1. The first-order valence-corrected chi connectivity index (χ1v) is 9.55. The van der Waals surface area contributed by atoms with Crippen molar-refractivity contribution in [2.75, 3.05) is 18.5 Å². The molecular weight excluding hydrogens is 388 g/mol. The van der Waals surface area contributed by atoms with E-state index in [1.807, 2.05) is 30.3 Å². The van der Waals surface area contributed by atoms with Gasteiger partial charge in [-0.1, -0.05) is 18.2 Å². The molecule has 30 heavy (non-hydrogen) atoms. The Morgan fingerprint density at radius 3 is 2.50 bits per heavy atom. The zero-order valence-corrected chi connectivity index (χ0v) is 17.1. The van der Waals surface area contributed by atoms with Crippen molar-refractivity contribution in [3.63, 3.8) is 0 Å². The summed E-state index contributed by atoms with van der Waals surface area (Å²) < 4.78 is 15.8. The number of esters is 1. The minimum Gasteiger partial charge on any atom is -0.456 e. The van der Waals surface area contributed by atoms with Gasteiger partial charge in [0.2, 0.25) is 0 Å². The van der Waals surface area contributed by atoms with E-state index in [2.05, 4.69) is 10.6 Å². The van der Waals surface area contributed by atoms with Gasteiger partial charge in [0.15, 0.2) is 6.61 Å². The van der Waals surface area contributed by atoms with E-state index in [0.717, 1.165) is 21.9 Å². The van der Waals surface area contributed by atoms with Crippen LogP contribution >= 0.6 is 0 Å². The van der Waals surface area contributed by atoms with Crippen molar-refractivity contribution in [2.24, 2.45) is 0 Å². The van der Waals surface area contributed by atoms with Gasteiger partial charge in [0.1, 0.15) is 16.8 Å². The molecule has 3 aromatic rings. The second-order valence-corrected chi connectivity index (χ2v) is 7.70. The summed E-state index contributed by atoms with van der Waals surface area (Å²) in [7, 11) is 0. The molecule has 158 valence electrons. The molecule has 0 aliphatic carbocycles. The summed E-state index contributed by atoms with van der Waals surface area (Å²) in [5.74, 6) is -1.06. The predicted molar refractivity (Wildman–Crippen MR) is 112 cm³/mol. The summed E-state index contributed by atoms with van der Waals surface area (Å²) in [6.07, 6.45) is -0.685. The van der Waals surface area contributed by atoms with Gasteiger partial charge in [-0.05, 0) is 45.0 Å². The van der Waals surface area contributed by atoms with Crippen LogP contribution in [0.15, 0.2) is 46.9 Å². The van der Waals surface area contributed by atoms with Crippen molar-refractivity contribution >= 4 is 45.6 Å². The molecule has 8 nitrogen and oxygen atoms in total. The number of anilines is 1. The van der Waals surface area contributed by atoms with E-state index < -0.39 is 30.2 Å². The highest BCUT2D eigenvalue weighted by Gasteiger charge is 2.16. The average Bonchev–Trinajstić information content (AvgIpc) is 3.03. The highest BCUT2D eigenvalue weighted by atomic mass is 16.6. The molecule has 0 aliphatic rings. The normalized spacial score (nSPS) is 11.3. The lowest BCUT2D eigenvalue weighted by Crippen LogP contribution is -2.34. The Labute approximate surface area is 173 Å². The third kappa shape index (κ3) is 5.73. The molecule has 2 amide bonds. The van der Waals surface area contributed by atoms with Gasteiger partial charge in [-0.15, -0.1) is 0 Å². The first-order valence-electron chi connectivity index (χ1n) is 9.55. The number of fused-ring (bicyclic) bond motifs is 3. The number of alkyl carbamates (subject to hydrolysis) is 1. The van der Waals surface area contributed by atoms with Gasteiger partial charge >= 0.3 is 12.1 Å². The van der Waals surface area contributed by atoms with Crippen molar-refractivity contribution in [2.45, 2.75) is 32.8 Å². The molecule has 0 saturated carbocycles. The van der Waals surface area contributed by atoms with Crippen LogP contribution in [-0.4, -0.2) is 36.7 Å².